The summed E-state index contributed by atoms with van der Waals surface area (Å²) in [7, 11) is 1.96. The van der Waals surface area contributed by atoms with Crippen LogP contribution in [-0.2, 0) is 4.84 Å². The Balaban J connectivity index is 2.00. The molecule has 112 valence electrons. The second-order valence-electron chi connectivity index (χ2n) is 5.94. The summed E-state index contributed by atoms with van der Waals surface area (Å²) in [5.74, 6) is 0. The van der Waals surface area contributed by atoms with Gasteiger partial charge in [-0.05, 0) is 39.6 Å². The Morgan fingerprint density at radius 1 is 1.05 bits per heavy atom. The highest BCUT2D eigenvalue weighted by Gasteiger charge is 2.33. The monoisotopic (exact) mass is 293 g/mol. The van der Waals surface area contributed by atoms with E-state index in [1.165, 1.54) is 27.1 Å². The van der Waals surface area contributed by atoms with Crippen molar-refractivity contribution in [2.75, 3.05) is 13.7 Å². The van der Waals surface area contributed by atoms with Crippen molar-refractivity contribution >= 4 is 21.5 Å². The third kappa shape index (κ3) is 2.10. The summed E-state index contributed by atoms with van der Waals surface area (Å²) in [5.41, 5.74) is 1.30. The predicted octanol–water partition coefficient (Wildman–Crippen LogP) is 3.66. The van der Waals surface area contributed by atoms with Gasteiger partial charge in [-0.25, -0.2) is 0 Å². The van der Waals surface area contributed by atoms with Crippen molar-refractivity contribution in [3.8, 4) is 0 Å². The first-order valence-electron chi connectivity index (χ1n) is 7.69. The van der Waals surface area contributed by atoms with Crippen molar-refractivity contribution < 1.29 is 9.94 Å². The van der Waals surface area contributed by atoms with Crippen LogP contribution in [0.1, 0.15) is 18.0 Å². The smallest absolute Gasteiger partial charge is 0.104 e. The Kier molecular flexibility index (Phi) is 3.34. The van der Waals surface area contributed by atoms with E-state index in [0.717, 1.165) is 6.42 Å². The molecule has 0 spiro atoms. The molecule has 1 aliphatic rings. The second-order valence-corrected chi connectivity index (χ2v) is 5.94. The van der Waals surface area contributed by atoms with Crippen LogP contribution in [0, 0.1) is 0 Å². The van der Waals surface area contributed by atoms with Crippen LogP contribution >= 0.6 is 0 Å². The lowest BCUT2D eigenvalue weighted by molar-refractivity contribution is -0.152. The standard InChI is InChI=1S/C19H19NO2/c1-20-18(11-15(12-21)22-20)19-16-8-4-2-6-13(16)10-14-7-3-5-9-17(14)19/h2-10,15,18,21H,11-12H2,1H3/t15-,18+/m0/s1. The fourth-order valence-corrected chi connectivity index (χ4v) is 3.56. The third-order valence-corrected chi connectivity index (χ3v) is 4.59. The number of hydroxylamine groups is 2. The van der Waals surface area contributed by atoms with Crippen LogP contribution in [0.5, 0.6) is 0 Å². The lowest BCUT2D eigenvalue weighted by Gasteiger charge is -2.21. The molecule has 3 heteroatoms. The summed E-state index contributed by atoms with van der Waals surface area (Å²) < 4.78 is 0. The van der Waals surface area contributed by atoms with Crippen molar-refractivity contribution in [3.63, 3.8) is 0 Å². The van der Waals surface area contributed by atoms with E-state index in [1.807, 2.05) is 12.1 Å². The second kappa shape index (κ2) is 5.36. The molecule has 4 rings (SSSR count). The molecule has 0 aliphatic carbocycles. The zero-order chi connectivity index (χ0) is 15.1. The number of benzene rings is 3. The van der Waals surface area contributed by atoms with E-state index in [4.69, 9.17) is 4.84 Å². The first kappa shape index (κ1) is 13.7. The number of hydrogen-bond acceptors (Lipinski definition) is 3. The van der Waals surface area contributed by atoms with Gasteiger partial charge in [0.2, 0.25) is 0 Å². The lowest BCUT2D eigenvalue weighted by Crippen LogP contribution is -2.18. The molecule has 3 nitrogen and oxygen atoms in total. The Morgan fingerprint density at radius 3 is 2.18 bits per heavy atom. The van der Waals surface area contributed by atoms with Crippen molar-refractivity contribution in [3.05, 3.63) is 60.2 Å². The zero-order valence-electron chi connectivity index (χ0n) is 12.6. The van der Waals surface area contributed by atoms with Gasteiger partial charge in [0.05, 0.1) is 12.6 Å². The molecule has 1 N–H and O–H groups in total. The van der Waals surface area contributed by atoms with Crippen molar-refractivity contribution in [1.82, 2.24) is 5.06 Å². The van der Waals surface area contributed by atoms with Gasteiger partial charge in [0.15, 0.2) is 0 Å². The van der Waals surface area contributed by atoms with Gasteiger partial charge in [0, 0.05) is 7.05 Å². The van der Waals surface area contributed by atoms with E-state index in [-0.39, 0.29) is 18.8 Å². The molecule has 2 atom stereocenters. The summed E-state index contributed by atoms with van der Waals surface area (Å²) >= 11 is 0. The van der Waals surface area contributed by atoms with Crippen LogP contribution in [0.15, 0.2) is 54.6 Å². The summed E-state index contributed by atoms with van der Waals surface area (Å²) in [5, 5.41) is 16.3. The van der Waals surface area contributed by atoms with Crippen LogP contribution in [0.2, 0.25) is 0 Å². The minimum absolute atomic E-state index is 0.0591. The molecule has 0 aromatic heterocycles. The molecule has 1 aliphatic heterocycles. The minimum atomic E-state index is -0.118. The van der Waals surface area contributed by atoms with E-state index < -0.39 is 0 Å². The Labute approximate surface area is 129 Å². The maximum atomic E-state index is 9.42. The maximum absolute atomic E-state index is 9.42. The van der Waals surface area contributed by atoms with Gasteiger partial charge in [-0.3, -0.25) is 4.84 Å². The zero-order valence-corrected chi connectivity index (χ0v) is 12.6. The number of rotatable bonds is 2. The van der Waals surface area contributed by atoms with Crippen LogP contribution in [-0.4, -0.2) is 29.9 Å². The molecule has 0 radical (unpaired) electrons. The fraction of sp³-hybridized carbons (Fsp3) is 0.263. The number of nitrogens with zero attached hydrogens (tertiary/aromatic N) is 1. The van der Waals surface area contributed by atoms with Gasteiger partial charge in [-0.2, -0.15) is 5.06 Å². The van der Waals surface area contributed by atoms with Crippen LogP contribution < -0.4 is 0 Å². The predicted molar refractivity (Wildman–Crippen MR) is 88.5 cm³/mol. The number of aliphatic hydroxyl groups excluding tert-OH is 1. The van der Waals surface area contributed by atoms with Crippen LogP contribution in [0.3, 0.4) is 0 Å². The first-order chi connectivity index (χ1) is 10.8. The summed E-state index contributed by atoms with van der Waals surface area (Å²) in [4.78, 5) is 5.76. The highest BCUT2D eigenvalue weighted by Crippen LogP contribution is 2.40. The molecule has 0 bridgehead atoms. The average Bonchev–Trinajstić information content (AvgIpc) is 2.93. The van der Waals surface area contributed by atoms with E-state index in [2.05, 4.69) is 54.6 Å². The fourth-order valence-electron chi connectivity index (χ4n) is 3.56. The van der Waals surface area contributed by atoms with Gasteiger partial charge < -0.3 is 5.11 Å². The Bertz CT molecular complexity index is 776. The molecule has 1 fully saturated rings. The van der Waals surface area contributed by atoms with Crippen LogP contribution in [0.25, 0.3) is 21.5 Å². The first-order valence-corrected chi connectivity index (χ1v) is 7.69. The largest absolute Gasteiger partial charge is 0.394 e. The van der Waals surface area contributed by atoms with E-state index in [1.54, 1.807) is 0 Å². The third-order valence-electron chi connectivity index (χ3n) is 4.59. The number of aliphatic hydroxyl groups is 1. The quantitative estimate of drug-likeness (QED) is 0.732. The molecule has 0 amide bonds. The summed E-state index contributed by atoms with van der Waals surface area (Å²) in [6.45, 7) is 0.0591. The normalized spacial score (nSPS) is 22.6. The Hall–Kier alpha value is -1.94. The van der Waals surface area contributed by atoms with Crippen molar-refractivity contribution in [1.29, 1.82) is 0 Å². The molecule has 3 aromatic carbocycles. The highest BCUT2D eigenvalue weighted by atomic mass is 16.7. The summed E-state index contributed by atoms with van der Waals surface area (Å²) in [6, 6.07) is 19.4. The van der Waals surface area contributed by atoms with E-state index in [9.17, 15) is 5.11 Å². The molecule has 0 unspecified atom stereocenters. The van der Waals surface area contributed by atoms with Gasteiger partial charge in [-0.15, -0.1) is 0 Å². The van der Waals surface area contributed by atoms with Crippen molar-refractivity contribution in [2.24, 2.45) is 0 Å². The van der Waals surface area contributed by atoms with Gasteiger partial charge in [-0.1, -0.05) is 48.5 Å². The topological polar surface area (TPSA) is 32.7 Å². The number of hydrogen-bond donors (Lipinski definition) is 1. The SMILES string of the molecule is CN1O[C@H](CO)C[C@@H]1c1c2ccccc2cc2ccccc12. The van der Waals surface area contributed by atoms with Crippen LogP contribution in [0.4, 0.5) is 0 Å². The van der Waals surface area contributed by atoms with Gasteiger partial charge in [0.1, 0.15) is 6.10 Å². The van der Waals surface area contributed by atoms with Gasteiger partial charge >= 0.3 is 0 Å². The molecule has 22 heavy (non-hydrogen) atoms. The molecular formula is C19H19NO2. The number of fused-ring (bicyclic) bond motifs is 2. The maximum Gasteiger partial charge on any atom is 0.104 e. The lowest BCUT2D eigenvalue weighted by atomic mass is 9.90. The van der Waals surface area contributed by atoms with Crippen molar-refractivity contribution in [2.45, 2.75) is 18.6 Å². The average molecular weight is 293 g/mol. The molecule has 1 heterocycles. The minimum Gasteiger partial charge on any atom is -0.394 e. The highest BCUT2D eigenvalue weighted by molar-refractivity contribution is 6.02. The molecule has 1 saturated heterocycles. The summed E-state index contributed by atoms with van der Waals surface area (Å²) in [6.07, 6.45) is 0.693. The molecule has 0 saturated carbocycles. The van der Waals surface area contributed by atoms with E-state index >= 15 is 0 Å². The molecule has 3 aromatic rings. The van der Waals surface area contributed by atoms with Gasteiger partial charge in [0.25, 0.3) is 0 Å². The van der Waals surface area contributed by atoms with E-state index in [0.29, 0.717) is 0 Å². The Morgan fingerprint density at radius 2 is 1.64 bits per heavy atom. The molecular weight excluding hydrogens is 274 g/mol.